The van der Waals surface area contributed by atoms with E-state index in [0.717, 1.165) is 24.8 Å². The molecule has 0 aliphatic rings. The Kier molecular flexibility index (Phi) is 4.83. The molecular formula is C15H21F3. The Morgan fingerprint density at radius 2 is 1.72 bits per heavy atom. The van der Waals surface area contributed by atoms with E-state index in [9.17, 15) is 13.2 Å². The molecule has 0 N–H and O–H groups in total. The lowest BCUT2D eigenvalue weighted by Gasteiger charge is -2.16. The highest BCUT2D eigenvalue weighted by atomic mass is 19.4. The summed E-state index contributed by atoms with van der Waals surface area (Å²) >= 11 is 0. The smallest absolute Gasteiger partial charge is 0.166 e. The fraction of sp³-hybridized carbons (Fsp3) is 0.600. The van der Waals surface area contributed by atoms with Crippen LogP contribution in [0.1, 0.15) is 48.9 Å². The first kappa shape index (κ1) is 15.1. The molecule has 0 spiro atoms. The molecule has 0 fully saturated rings. The topological polar surface area (TPSA) is 0 Å². The average molecular weight is 258 g/mol. The molecule has 0 aromatic heterocycles. The maximum absolute atomic E-state index is 12.9. The molecule has 0 radical (unpaired) electrons. The highest BCUT2D eigenvalue weighted by Gasteiger charge is 2.33. The van der Waals surface area contributed by atoms with Gasteiger partial charge in [0.2, 0.25) is 0 Å². The van der Waals surface area contributed by atoms with Gasteiger partial charge >= 0.3 is 6.18 Å². The van der Waals surface area contributed by atoms with E-state index in [1.165, 1.54) is 6.07 Å². The zero-order valence-electron chi connectivity index (χ0n) is 11.5. The van der Waals surface area contributed by atoms with Crippen molar-refractivity contribution in [2.45, 2.75) is 53.1 Å². The van der Waals surface area contributed by atoms with E-state index in [1.807, 2.05) is 6.07 Å². The zero-order chi connectivity index (χ0) is 13.9. The number of alkyl halides is 3. The molecule has 0 nitrogen and oxygen atoms in total. The van der Waals surface area contributed by atoms with Crippen LogP contribution in [0.4, 0.5) is 13.2 Å². The van der Waals surface area contributed by atoms with E-state index < -0.39 is 11.7 Å². The summed E-state index contributed by atoms with van der Waals surface area (Å²) in [6.07, 6.45) is -1.52. The molecule has 0 bridgehead atoms. The number of halogens is 3. The number of hydrogen-bond donors (Lipinski definition) is 0. The summed E-state index contributed by atoms with van der Waals surface area (Å²) in [7, 11) is 0. The number of benzene rings is 1. The molecule has 1 rings (SSSR count). The summed E-state index contributed by atoms with van der Waals surface area (Å²) in [6, 6.07) is 3.12. The van der Waals surface area contributed by atoms with E-state index in [4.69, 9.17) is 0 Å². The standard InChI is InChI=1S/C15H21F3/c1-10(2)6-5-7-13-8-11(3)9-14(12(13)4)15(16,17)18/h8-10H,5-7H2,1-4H3. The fourth-order valence-electron chi connectivity index (χ4n) is 2.19. The molecule has 0 atom stereocenters. The average Bonchev–Trinajstić information content (AvgIpc) is 2.20. The molecule has 0 aliphatic heterocycles. The second-order valence-electron chi connectivity index (χ2n) is 5.38. The van der Waals surface area contributed by atoms with Gasteiger partial charge in [-0.2, -0.15) is 13.2 Å². The molecule has 0 saturated heterocycles. The molecule has 1 aromatic carbocycles. The van der Waals surface area contributed by atoms with E-state index in [-0.39, 0.29) is 0 Å². The monoisotopic (exact) mass is 258 g/mol. The van der Waals surface area contributed by atoms with Crippen LogP contribution < -0.4 is 0 Å². The predicted octanol–water partition coefficient (Wildman–Crippen LogP) is 5.30. The molecule has 0 aliphatic carbocycles. The zero-order valence-corrected chi connectivity index (χ0v) is 11.5. The van der Waals surface area contributed by atoms with Gasteiger partial charge in [-0.05, 0) is 49.8 Å². The van der Waals surface area contributed by atoms with Crippen LogP contribution in [0.5, 0.6) is 0 Å². The maximum atomic E-state index is 12.9. The Morgan fingerprint density at radius 1 is 1.11 bits per heavy atom. The Hall–Kier alpha value is -0.990. The van der Waals surface area contributed by atoms with Crippen molar-refractivity contribution >= 4 is 0 Å². The summed E-state index contributed by atoms with van der Waals surface area (Å²) < 4.78 is 38.6. The van der Waals surface area contributed by atoms with E-state index in [2.05, 4.69) is 13.8 Å². The van der Waals surface area contributed by atoms with Crippen LogP contribution in [0, 0.1) is 19.8 Å². The minimum atomic E-state index is -4.25. The minimum Gasteiger partial charge on any atom is -0.166 e. The van der Waals surface area contributed by atoms with Crippen molar-refractivity contribution in [3.63, 3.8) is 0 Å². The van der Waals surface area contributed by atoms with Crippen molar-refractivity contribution in [3.05, 3.63) is 34.4 Å². The normalized spacial score (nSPS) is 12.2. The van der Waals surface area contributed by atoms with Gasteiger partial charge in [0.15, 0.2) is 0 Å². The van der Waals surface area contributed by atoms with Crippen LogP contribution in [0.15, 0.2) is 12.1 Å². The van der Waals surface area contributed by atoms with Gasteiger partial charge in [-0.1, -0.05) is 31.9 Å². The molecule has 3 heteroatoms. The van der Waals surface area contributed by atoms with Crippen molar-refractivity contribution in [2.75, 3.05) is 0 Å². The summed E-state index contributed by atoms with van der Waals surface area (Å²) in [5, 5.41) is 0. The van der Waals surface area contributed by atoms with Crippen LogP contribution in [-0.4, -0.2) is 0 Å². The maximum Gasteiger partial charge on any atom is 0.416 e. The number of aryl methyl sites for hydroxylation is 2. The molecule has 0 unspecified atom stereocenters. The minimum absolute atomic E-state index is 0.386. The van der Waals surface area contributed by atoms with E-state index in [1.54, 1.807) is 13.8 Å². The lowest BCUT2D eigenvalue weighted by molar-refractivity contribution is -0.138. The first-order valence-electron chi connectivity index (χ1n) is 6.39. The Balaban J connectivity index is 2.95. The van der Waals surface area contributed by atoms with Crippen molar-refractivity contribution < 1.29 is 13.2 Å². The van der Waals surface area contributed by atoms with E-state index >= 15 is 0 Å². The molecule has 102 valence electrons. The van der Waals surface area contributed by atoms with Gasteiger partial charge in [-0.25, -0.2) is 0 Å². The molecular weight excluding hydrogens is 237 g/mol. The van der Waals surface area contributed by atoms with Crippen molar-refractivity contribution in [1.29, 1.82) is 0 Å². The van der Waals surface area contributed by atoms with Crippen molar-refractivity contribution in [2.24, 2.45) is 5.92 Å². The lowest BCUT2D eigenvalue weighted by Crippen LogP contribution is -2.10. The Bertz CT molecular complexity index is 403. The fourth-order valence-corrected chi connectivity index (χ4v) is 2.19. The number of hydrogen-bond acceptors (Lipinski definition) is 0. The van der Waals surface area contributed by atoms with Gasteiger partial charge in [0.05, 0.1) is 5.56 Å². The molecule has 1 aromatic rings. The highest BCUT2D eigenvalue weighted by molar-refractivity contribution is 5.39. The third-order valence-electron chi connectivity index (χ3n) is 3.19. The largest absolute Gasteiger partial charge is 0.416 e. The Labute approximate surface area is 107 Å². The summed E-state index contributed by atoms with van der Waals surface area (Å²) in [4.78, 5) is 0. The quantitative estimate of drug-likeness (QED) is 0.687. The lowest BCUT2D eigenvalue weighted by atomic mass is 9.94. The second kappa shape index (κ2) is 5.77. The van der Waals surface area contributed by atoms with Gasteiger partial charge in [0.25, 0.3) is 0 Å². The Morgan fingerprint density at radius 3 is 2.22 bits per heavy atom. The van der Waals surface area contributed by atoms with Crippen LogP contribution >= 0.6 is 0 Å². The van der Waals surface area contributed by atoms with Gasteiger partial charge < -0.3 is 0 Å². The number of rotatable bonds is 4. The third-order valence-corrected chi connectivity index (χ3v) is 3.19. The van der Waals surface area contributed by atoms with Crippen molar-refractivity contribution in [1.82, 2.24) is 0 Å². The first-order chi connectivity index (χ1) is 8.21. The van der Waals surface area contributed by atoms with Gasteiger partial charge in [0.1, 0.15) is 0 Å². The van der Waals surface area contributed by atoms with Crippen LogP contribution in [-0.2, 0) is 12.6 Å². The summed E-state index contributed by atoms with van der Waals surface area (Å²) in [6.45, 7) is 7.56. The molecule has 18 heavy (non-hydrogen) atoms. The SMILES string of the molecule is Cc1cc(CCCC(C)C)c(C)c(C(F)(F)F)c1. The van der Waals surface area contributed by atoms with Crippen LogP contribution in [0.2, 0.25) is 0 Å². The van der Waals surface area contributed by atoms with Gasteiger partial charge in [-0.15, -0.1) is 0 Å². The molecule has 0 amide bonds. The second-order valence-corrected chi connectivity index (χ2v) is 5.38. The third kappa shape index (κ3) is 4.04. The predicted molar refractivity (Wildman–Crippen MR) is 68.7 cm³/mol. The summed E-state index contributed by atoms with van der Waals surface area (Å²) in [5.41, 5.74) is 1.43. The van der Waals surface area contributed by atoms with Crippen molar-refractivity contribution in [3.8, 4) is 0 Å². The molecule has 0 saturated carbocycles. The van der Waals surface area contributed by atoms with Crippen LogP contribution in [0.3, 0.4) is 0 Å². The van der Waals surface area contributed by atoms with Gasteiger partial charge in [-0.3, -0.25) is 0 Å². The van der Waals surface area contributed by atoms with Crippen LogP contribution in [0.25, 0.3) is 0 Å². The van der Waals surface area contributed by atoms with E-state index in [0.29, 0.717) is 17.0 Å². The summed E-state index contributed by atoms with van der Waals surface area (Å²) in [5.74, 6) is 0.595. The van der Waals surface area contributed by atoms with Gasteiger partial charge in [0, 0.05) is 0 Å². The highest BCUT2D eigenvalue weighted by Crippen LogP contribution is 2.34. The molecule has 0 heterocycles. The first-order valence-corrected chi connectivity index (χ1v) is 6.39.